The molecular formula is C14H20F9NaO4S. The molecule has 0 radical (unpaired) electrons. The van der Waals surface area contributed by atoms with Gasteiger partial charge in [-0.1, -0.05) is 39.0 Å². The Kier molecular flexibility index (Phi) is 12.7. The molecule has 1 unspecified atom stereocenters. The molecule has 0 heterocycles. The summed E-state index contributed by atoms with van der Waals surface area (Å²) in [6.45, 7) is 1.87. The van der Waals surface area contributed by atoms with Crippen molar-refractivity contribution in [2.75, 3.05) is 0 Å². The van der Waals surface area contributed by atoms with Crippen molar-refractivity contribution in [2.45, 2.75) is 88.3 Å². The van der Waals surface area contributed by atoms with E-state index < -0.39 is 53.3 Å². The zero-order valence-electron chi connectivity index (χ0n) is 15.7. The zero-order chi connectivity index (χ0) is 22.4. The van der Waals surface area contributed by atoms with Crippen LogP contribution in [0.1, 0.15) is 58.3 Å². The fourth-order valence-electron chi connectivity index (χ4n) is 2.29. The maximum Gasteiger partial charge on any atom is 1.00 e. The van der Waals surface area contributed by atoms with Gasteiger partial charge in [-0.25, -0.2) is 8.42 Å². The number of unbranched alkanes of at least 4 members (excludes halogenated alkanes) is 4. The predicted octanol–water partition coefficient (Wildman–Crippen LogP) is 2.44. The smallest absolute Gasteiger partial charge is 0.726 e. The molecular weight excluding hydrogens is 458 g/mol. The Morgan fingerprint density at radius 3 is 1.72 bits per heavy atom. The molecule has 0 aromatic rings. The first kappa shape index (κ1) is 31.4. The molecule has 0 spiro atoms. The summed E-state index contributed by atoms with van der Waals surface area (Å²) in [6, 6.07) is 0. The van der Waals surface area contributed by atoms with Crippen LogP contribution < -0.4 is 29.6 Å². The van der Waals surface area contributed by atoms with Gasteiger partial charge in [0.1, 0.15) is 0 Å². The predicted molar refractivity (Wildman–Crippen MR) is 78.1 cm³/mol. The van der Waals surface area contributed by atoms with Gasteiger partial charge in [0.25, 0.3) is 0 Å². The van der Waals surface area contributed by atoms with E-state index in [4.69, 9.17) is 0 Å². The fourth-order valence-corrected chi connectivity index (χ4v) is 2.82. The minimum absolute atomic E-state index is 0. The Bertz CT molecular complexity index is 582. The number of hydrogen-bond acceptors (Lipinski definition) is 4. The number of rotatable bonds is 13. The van der Waals surface area contributed by atoms with Crippen LogP contribution in [0.15, 0.2) is 0 Å². The molecule has 0 rings (SSSR count). The van der Waals surface area contributed by atoms with Crippen molar-refractivity contribution in [1.82, 2.24) is 0 Å². The van der Waals surface area contributed by atoms with E-state index in [2.05, 4.69) is 4.18 Å². The van der Waals surface area contributed by atoms with Gasteiger partial charge >= 0.3 is 53.5 Å². The van der Waals surface area contributed by atoms with Crippen LogP contribution in [0.25, 0.3) is 0 Å². The first-order valence-corrected chi connectivity index (χ1v) is 9.56. The van der Waals surface area contributed by atoms with Gasteiger partial charge in [0.05, 0.1) is 6.10 Å². The summed E-state index contributed by atoms with van der Waals surface area (Å²) in [4.78, 5) is 0. The van der Waals surface area contributed by atoms with E-state index in [1.165, 1.54) is 0 Å². The first-order valence-electron chi connectivity index (χ1n) is 8.23. The Hall–Kier alpha value is 0.240. The SMILES string of the molecule is CCCCCCCC(CCC(F)(F)C(F)(F)C(F)(F)C(F)(F)F)OS(=O)(=O)[O-].[Na+]. The molecule has 0 saturated heterocycles. The second kappa shape index (κ2) is 11.7. The first-order chi connectivity index (χ1) is 12.4. The summed E-state index contributed by atoms with van der Waals surface area (Å²) in [6.07, 6.45) is -9.90. The second-order valence-electron chi connectivity index (χ2n) is 6.22. The Morgan fingerprint density at radius 2 is 1.31 bits per heavy atom. The fraction of sp³-hybridized carbons (Fsp3) is 1.00. The van der Waals surface area contributed by atoms with Crippen molar-refractivity contribution >= 4 is 10.4 Å². The Labute approximate surface area is 184 Å². The molecule has 0 aromatic carbocycles. The van der Waals surface area contributed by atoms with E-state index in [9.17, 15) is 52.5 Å². The van der Waals surface area contributed by atoms with Crippen LogP contribution in [-0.4, -0.2) is 43.0 Å². The minimum Gasteiger partial charge on any atom is -0.726 e. The minimum atomic E-state index is -7.02. The largest absolute Gasteiger partial charge is 1.00 e. The van der Waals surface area contributed by atoms with Gasteiger partial charge in [-0.05, 0) is 12.8 Å². The summed E-state index contributed by atoms with van der Waals surface area (Å²) >= 11 is 0. The van der Waals surface area contributed by atoms with Gasteiger partial charge in [0, 0.05) is 6.42 Å². The van der Waals surface area contributed by atoms with E-state index >= 15 is 0 Å². The molecule has 0 fully saturated rings. The summed E-state index contributed by atoms with van der Waals surface area (Å²) < 4.78 is 151. The molecule has 0 aromatic heterocycles. The average Bonchev–Trinajstić information content (AvgIpc) is 2.49. The maximum atomic E-state index is 13.5. The van der Waals surface area contributed by atoms with E-state index in [0.29, 0.717) is 12.8 Å². The van der Waals surface area contributed by atoms with Crippen LogP contribution >= 0.6 is 0 Å². The van der Waals surface area contributed by atoms with Crippen molar-refractivity contribution in [3.63, 3.8) is 0 Å². The molecule has 0 aliphatic rings. The third-order valence-electron chi connectivity index (χ3n) is 3.87. The van der Waals surface area contributed by atoms with Crippen LogP contribution in [0.4, 0.5) is 39.5 Å². The van der Waals surface area contributed by atoms with Gasteiger partial charge in [-0.3, -0.25) is 4.18 Å². The Morgan fingerprint density at radius 1 is 0.828 bits per heavy atom. The van der Waals surface area contributed by atoms with Crippen LogP contribution in [0.3, 0.4) is 0 Å². The molecule has 29 heavy (non-hydrogen) atoms. The van der Waals surface area contributed by atoms with Crippen LogP contribution in [0.2, 0.25) is 0 Å². The van der Waals surface area contributed by atoms with Gasteiger partial charge in [-0.2, -0.15) is 39.5 Å². The van der Waals surface area contributed by atoms with E-state index in [1.807, 2.05) is 6.92 Å². The maximum absolute atomic E-state index is 13.5. The quantitative estimate of drug-likeness (QED) is 0.134. The molecule has 0 saturated carbocycles. The zero-order valence-corrected chi connectivity index (χ0v) is 18.5. The second-order valence-corrected chi connectivity index (χ2v) is 7.23. The van der Waals surface area contributed by atoms with Gasteiger partial charge in [0.2, 0.25) is 10.4 Å². The molecule has 170 valence electrons. The normalized spacial score (nSPS) is 15.1. The van der Waals surface area contributed by atoms with Crippen molar-refractivity contribution in [3.8, 4) is 0 Å². The van der Waals surface area contributed by atoms with Crippen LogP contribution in [0, 0.1) is 0 Å². The van der Waals surface area contributed by atoms with E-state index in [-0.39, 0.29) is 42.4 Å². The standard InChI is InChI=1S/C14H21F9O4S.Na/c1-2-3-4-5-6-7-10(27-28(24,25)26)8-9-11(15,16)12(17,18)13(19,20)14(21,22)23;/h10H,2-9H2,1H3,(H,24,25,26);/q;+1/p-1. The van der Waals surface area contributed by atoms with Crippen molar-refractivity contribution in [1.29, 1.82) is 0 Å². The summed E-state index contributed by atoms with van der Waals surface area (Å²) in [5, 5.41) is 0. The monoisotopic (exact) mass is 478 g/mol. The summed E-state index contributed by atoms with van der Waals surface area (Å²) in [5.74, 6) is -19.7. The molecule has 0 N–H and O–H groups in total. The molecule has 0 aliphatic heterocycles. The van der Waals surface area contributed by atoms with Gasteiger partial charge in [0.15, 0.2) is 0 Å². The number of hydrogen-bond donors (Lipinski definition) is 0. The van der Waals surface area contributed by atoms with Crippen LogP contribution in [-0.2, 0) is 14.6 Å². The van der Waals surface area contributed by atoms with Gasteiger partial charge < -0.3 is 4.55 Å². The third-order valence-corrected chi connectivity index (χ3v) is 4.38. The molecule has 0 amide bonds. The molecule has 4 nitrogen and oxygen atoms in total. The third kappa shape index (κ3) is 9.50. The molecule has 0 bridgehead atoms. The number of alkyl halides is 9. The average molecular weight is 478 g/mol. The van der Waals surface area contributed by atoms with Crippen molar-refractivity contribution in [2.24, 2.45) is 0 Å². The molecule has 15 heteroatoms. The summed E-state index contributed by atoms with van der Waals surface area (Å²) in [5.41, 5.74) is 0. The van der Waals surface area contributed by atoms with Crippen molar-refractivity contribution < 1.29 is 86.2 Å². The van der Waals surface area contributed by atoms with Gasteiger partial charge in [-0.15, -0.1) is 0 Å². The topological polar surface area (TPSA) is 66.4 Å². The molecule has 0 aliphatic carbocycles. The number of halogens is 9. The van der Waals surface area contributed by atoms with Crippen molar-refractivity contribution in [3.05, 3.63) is 0 Å². The molecule has 1 atom stereocenters. The Balaban J connectivity index is 0. The van der Waals surface area contributed by atoms with E-state index in [1.54, 1.807) is 0 Å². The van der Waals surface area contributed by atoms with E-state index in [0.717, 1.165) is 12.8 Å². The van der Waals surface area contributed by atoms with Crippen LogP contribution in [0.5, 0.6) is 0 Å². The summed E-state index contributed by atoms with van der Waals surface area (Å²) in [7, 11) is -5.44.